The van der Waals surface area contributed by atoms with Gasteiger partial charge in [0.05, 0.1) is 5.69 Å². The first-order chi connectivity index (χ1) is 7.10. The molecule has 0 saturated heterocycles. The van der Waals surface area contributed by atoms with E-state index in [1.54, 1.807) is 23.1 Å². The average molecular weight is 205 g/mol. The molecule has 1 amide bonds. The fourth-order valence-electron chi connectivity index (χ4n) is 1.44. The Morgan fingerprint density at radius 2 is 2.27 bits per heavy atom. The van der Waals surface area contributed by atoms with Gasteiger partial charge >= 0.3 is 0 Å². The number of nitrogens with zero attached hydrogens (tertiary/aromatic N) is 1. The third-order valence-electron chi connectivity index (χ3n) is 2.24. The zero-order chi connectivity index (χ0) is 11.4. The van der Waals surface area contributed by atoms with Crippen molar-refractivity contribution in [2.24, 2.45) is 0 Å². The van der Waals surface area contributed by atoms with Gasteiger partial charge in [0.1, 0.15) is 5.75 Å². The number of aryl methyl sites for hydroxylation is 1. The topological polar surface area (TPSA) is 40.5 Å². The van der Waals surface area contributed by atoms with Gasteiger partial charge in [-0.25, -0.2) is 0 Å². The minimum Gasteiger partial charge on any atom is -0.508 e. The van der Waals surface area contributed by atoms with Crippen molar-refractivity contribution in [3.8, 4) is 5.75 Å². The first-order valence-corrected chi connectivity index (χ1v) is 4.83. The van der Waals surface area contributed by atoms with Crippen molar-refractivity contribution in [3.63, 3.8) is 0 Å². The highest BCUT2D eigenvalue weighted by Gasteiger charge is 2.13. The molecule has 0 heterocycles. The second-order valence-corrected chi connectivity index (χ2v) is 3.26. The second-order valence-electron chi connectivity index (χ2n) is 3.26. The van der Waals surface area contributed by atoms with E-state index in [9.17, 15) is 9.90 Å². The van der Waals surface area contributed by atoms with E-state index in [1.165, 1.54) is 6.08 Å². The Kier molecular flexibility index (Phi) is 3.50. The standard InChI is InChI=1S/C12H15NO2/c1-4-12(15)13(5-2)11-8-10(14)7-6-9(11)3/h4,6-8,14H,1,5H2,2-3H3. The summed E-state index contributed by atoms with van der Waals surface area (Å²) >= 11 is 0. The van der Waals surface area contributed by atoms with Crippen molar-refractivity contribution in [2.75, 3.05) is 11.4 Å². The SMILES string of the molecule is C=CC(=O)N(CC)c1cc(O)ccc1C. The minimum atomic E-state index is -0.161. The lowest BCUT2D eigenvalue weighted by Crippen LogP contribution is -2.29. The number of aromatic hydroxyl groups is 1. The van der Waals surface area contributed by atoms with Crippen LogP contribution in [0.1, 0.15) is 12.5 Å². The van der Waals surface area contributed by atoms with Crippen LogP contribution in [0.3, 0.4) is 0 Å². The Hall–Kier alpha value is -1.77. The number of anilines is 1. The summed E-state index contributed by atoms with van der Waals surface area (Å²) < 4.78 is 0. The van der Waals surface area contributed by atoms with Crippen LogP contribution in [-0.2, 0) is 4.79 Å². The van der Waals surface area contributed by atoms with E-state index < -0.39 is 0 Å². The largest absolute Gasteiger partial charge is 0.508 e. The van der Waals surface area contributed by atoms with Crippen LogP contribution < -0.4 is 4.90 Å². The summed E-state index contributed by atoms with van der Waals surface area (Å²) in [5.41, 5.74) is 1.67. The molecule has 1 aromatic rings. The summed E-state index contributed by atoms with van der Waals surface area (Å²) in [6, 6.07) is 4.97. The molecule has 0 aromatic heterocycles. The lowest BCUT2D eigenvalue weighted by Gasteiger charge is -2.21. The van der Waals surface area contributed by atoms with Crippen LogP contribution in [0.25, 0.3) is 0 Å². The molecule has 1 rings (SSSR count). The van der Waals surface area contributed by atoms with Crippen molar-refractivity contribution in [1.29, 1.82) is 0 Å². The number of carbonyl (C=O) groups is 1. The molecular formula is C12H15NO2. The zero-order valence-corrected chi connectivity index (χ0v) is 9.03. The second kappa shape index (κ2) is 4.64. The third kappa shape index (κ3) is 2.37. The molecule has 1 aromatic carbocycles. The Balaban J connectivity index is 3.16. The smallest absolute Gasteiger partial charge is 0.250 e. The van der Waals surface area contributed by atoms with Gasteiger partial charge in [0.25, 0.3) is 0 Å². The first kappa shape index (κ1) is 11.3. The summed E-state index contributed by atoms with van der Waals surface area (Å²) in [5, 5.41) is 9.37. The van der Waals surface area contributed by atoms with Gasteiger partial charge in [-0.3, -0.25) is 4.79 Å². The Morgan fingerprint density at radius 3 is 2.80 bits per heavy atom. The van der Waals surface area contributed by atoms with Crippen molar-refractivity contribution in [3.05, 3.63) is 36.4 Å². The van der Waals surface area contributed by atoms with Crippen LogP contribution in [0.4, 0.5) is 5.69 Å². The minimum absolute atomic E-state index is 0.158. The van der Waals surface area contributed by atoms with Crippen molar-refractivity contribution < 1.29 is 9.90 Å². The number of benzene rings is 1. The highest BCUT2D eigenvalue weighted by molar-refractivity contribution is 6.01. The van der Waals surface area contributed by atoms with Crippen LogP contribution in [0.5, 0.6) is 5.75 Å². The number of likely N-dealkylation sites (N-methyl/N-ethyl adjacent to an activating group) is 1. The first-order valence-electron chi connectivity index (χ1n) is 4.83. The molecule has 0 fully saturated rings. The maximum atomic E-state index is 11.5. The lowest BCUT2D eigenvalue weighted by molar-refractivity contribution is -0.114. The molecule has 0 aliphatic rings. The molecule has 3 nitrogen and oxygen atoms in total. The summed E-state index contributed by atoms with van der Waals surface area (Å²) in [6.45, 7) is 7.78. The van der Waals surface area contributed by atoms with Crippen LogP contribution in [0.2, 0.25) is 0 Å². The summed E-state index contributed by atoms with van der Waals surface area (Å²) in [7, 11) is 0. The average Bonchev–Trinajstić information content (AvgIpc) is 2.23. The predicted molar refractivity (Wildman–Crippen MR) is 61.1 cm³/mol. The van der Waals surface area contributed by atoms with E-state index in [2.05, 4.69) is 6.58 Å². The molecule has 0 spiro atoms. The molecule has 0 aliphatic carbocycles. The van der Waals surface area contributed by atoms with Gasteiger partial charge in [-0.15, -0.1) is 0 Å². The van der Waals surface area contributed by atoms with Crippen LogP contribution in [-0.4, -0.2) is 17.6 Å². The maximum absolute atomic E-state index is 11.5. The Morgan fingerprint density at radius 1 is 1.60 bits per heavy atom. The summed E-state index contributed by atoms with van der Waals surface area (Å²) in [4.78, 5) is 13.1. The van der Waals surface area contributed by atoms with E-state index in [0.29, 0.717) is 6.54 Å². The molecule has 0 atom stereocenters. The highest BCUT2D eigenvalue weighted by Crippen LogP contribution is 2.24. The fourth-order valence-corrected chi connectivity index (χ4v) is 1.44. The van der Waals surface area contributed by atoms with E-state index in [-0.39, 0.29) is 11.7 Å². The van der Waals surface area contributed by atoms with E-state index in [1.807, 2.05) is 13.8 Å². The van der Waals surface area contributed by atoms with E-state index in [4.69, 9.17) is 0 Å². The predicted octanol–water partition coefficient (Wildman–Crippen LogP) is 2.24. The van der Waals surface area contributed by atoms with Gasteiger partial charge in [-0.1, -0.05) is 12.6 Å². The summed E-state index contributed by atoms with van der Waals surface area (Å²) in [6.07, 6.45) is 1.27. The van der Waals surface area contributed by atoms with Crippen molar-refractivity contribution in [1.82, 2.24) is 0 Å². The third-order valence-corrected chi connectivity index (χ3v) is 2.24. The maximum Gasteiger partial charge on any atom is 0.250 e. The quantitative estimate of drug-likeness (QED) is 0.769. The molecule has 0 saturated carbocycles. The number of carbonyl (C=O) groups excluding carboxylic acids is 1. The van der Waals surface area contributed by atoms with Gasteiger partial charge in [0.15, 0.2) is 0 Å². The number of amides is 1. The molecule has 0 aliphatic heterocycles. The highest BCUT2D eigenvalue weighted by atomic mass is 16.3. The normalized spacial score (nSPS) is 9.73. The van der Waals surface area contributed by atoms with Crippen molar-refractivity contribution >= 4 is 11.6 Å². The Bertz CT molecular complexity index is 385. The number of hydrogen-bond acceptors (Lipinski definition) is 2. The molecule has 0 unspecified atom stereocenters. The molecular weight excluding hydrogens is 190 g/mol. The zero-order valence-electron chi connectivity index (χ0n) is 9.03. The van der Waals surface area contributed by atoms with Crippen molar-refractivity contribution in [2.45, 2.75) is 13.8 Å². The number of rotatable bonds is 3. The van der Waals surface area contributed by atoms with Gasteiger partial charge in [-0.05, 0) is 31.6 Å². The molecule has 0 radical (unpaired) electrons. The van der Waals surface area contributed by atoms with Crippen LogP contribution >= 0.6 is 0 Å². The van der Waals surface area contributed by atoms with E-state index in [0.717, 1.165) is 11.3 Å². The van der Waals surface area contributed by atoms with Gasteiger partial charge < -0.3 is 10.0 Å². The van der Waals surface area contributed by atoms with Crippen LogP contribution in [0, 0.1) is 6.92 Å². The molecule has 15 heavy (non-hydrogen) atoms. The molecule has 0 bridgehead atoms. The number of phenolic OH excluding ortho intramolecular Hbond substituents is 1. The van der Waals surface area contributed by atoms with Gasteiger partial charge in [0.2, 0.25) is 5.91 Å². The van der Waals surface area contributed by atoms with E-state index >= 15 is 0 Å². The number of hydrogen-bond donors (Lipinski definition) is 1. The molecule has 3 heteroatoms. The lowest BCUT2D eigenvalue weighted by atomic mass is 10.1. The van der Waals surface area contributed by atoms with Crippen LogP contribution in [0.15, 0.2) is 30.9 Å². The number of phenols is 1. The molecule has 80 valence electrons. The monoisotopic (exact) mass is 205 g/mol. The molecule has 1 N–H and O–H groups in total. The Labute approximate surface area is 89.6 Å². The van der Waals surface area contributed by atoms with Gasteiger partial charge in [-0.2, -0.15) is 0 Å². The van der Waals surface area contributed by atoms with Gasteiger partial charge in [0, 0.05) is 12.6 Å². The summed E-state index contributed by atoms with van der Waals surface area (Å²) in [5.74, 6) is -0.00267. The fraction of sp³-hybridized carbons (Fsp3) is 0.250.